The molecule has 0 bridgehead atoms. The number of hydrogen-bond acceptors (Lipinski definition) is 3. The summed E-state index contributed by atoms with van der Waals surface area (Å²) in [5.74, 6) is 1.20. The van der Waals surface area contributed by atoms with E-state index in [4.69, 9.17) is 5.73 Å². The normalized spacial score (nSPS) is 17.7. The Bertz CT molecular complexity index is 625. The summed E-state index contributed by atoms with van der Waals surface area (Å²) in [7, 11) is 0. The predicted molar refractivity (Wildman–Crippen MR) is 74.0 cm³/mol. The standard InChI is InChI=1S/C15H18N4/c16-15-14(12-6-7-12)19(18-17-15)9-10-4-5-11-2-1-3-13(11)8-10/h4-5,8,12H,1-3,6-7,9,16H2. The molecule has 0 radical (unpaired) electrons. The van der Waals surface area contributed by atoms with Crippen molar-refractivity contribution in [3.05, 3.63) is 40.6 Å². The van der Waals surface area contributed by atoms with Crippen molar-refractivity contribution in [1.82, 2.24) is 15.0 Å². The first kappa shape index (κ1) is 11.0. The van der Waals surface area contributed by atoms with Crippen LogP contribution in [0.25, 0.3) is 0 Å². The molecule has 0 amide bonds. The van der Waals surface area contributed by atoms with Crippen LogP contribution < -0.4 is 5.73 Å². The Morgan fingerprint density at radius 2 is 2.05 bits per heavy atom. The van der Waals surface area contributed by atoms with E-state index in [2.05, 4.69) is 28.5 Å². The Kier molecular flexibility index (Phi) is 2.37. The van der Waals surface area contributed by atoms with Crippen molar-refractivity contribution in [1.29, 1.82) is 0 Å². The maximum absolute atomic E-state index is 5.93. The molecule has 4 heteroatoms. The third-order valence-electron chi connectivity index (χ3n) is 4.26. The zero-order chi connectivity index (χ0) is 12.8. The van der Waals surface area contributed by atoms with E-state index in [1.54, 1.807) is 0 Å². The van der Waals surface area contributed by atoms with Crippen molar-refractivity contribution in [2.24, 2.45) is 0 Å². The molecule has 1 heterocycles. The van der Waals surface area contributed by atoms with Crippen molar-refractivity contribution in [3.63, 3.8) is 0 Å². The molecule has 0 atom stereocenters. The fourth-order valence-electron chi connectivity index (χ4n) is 3.12. The molecule has 19 heavy (non-hydrogen) atoms. The molecule has 2 N–H and O–H groups in total. The van der Waals surface area contributed by atoms with Crippen LogP contribution in [0.15, 0.2) is 18.2 Å². The molecule has 1 aromatic heterocycles. The van der Waals surface area contributed by atoms with Crippen LogP contribution in [0.1, 0.15) is 47.6 Å². The average molecular weight is 254 g/mol. The summed E-state index contributed by atoms with van der Waals surface area (Å²) in [6, 6.07) is 6.82. The van der Waals surface area contributed by atoms with Crippen LogP contribution >= 0.6 is 0 Å². The van der Waals surface area contributed by atoms with Gasteiger partial charge in [0.25, 0.3) is 0 Å². The highest BCUT2D eigenvalue weighted by Crippen LogP contribution is 2.42. The van der Waals surface area contributed by atoms with E-state index >= 15 is 0 Å². The first-order valence-electron chi connectivity index (χ1n) is 7.11. The second-order valence-corrected chi connectivity index (χ2v) is 5.75. The zero-order valence-corrected chi connectivity index (χ0v) is 11.0. The third kappa shape index (κ3) is 1.91. The number of fused-ring (bicyclic) bond motifs is 1. The van der Waals surface area contributed by atoms with Crippen molar-refractivity contribution in [2.75, 3.05) is 5.73 Å². The summed E-state index contributed by atoms with van der Waals surface area (Å²) in [5, 5.41) is 8.24. The van der Waals surface area contributed by atoms with E-state index in [0.717, 1.165) is 12.2 Å². The smallest absolute Gasteiger partial charge is 0.169 e. The lowest BCUT2D eigenvalue weighted by Gasteiger charge is -2.08. The zero-order valence-electron chi connectivity index (χ0n) is 11.0. The first-order chi connectivity index (χ1) is 9.31. The van der Waals surface area contributed by atoms with Gasteiger partial charge in [0, 0.05) is 5.92 Å². The van der Waals surface area contributed by atoms with E-state index in [-0.39, 0.29) is 0 Å². The summed E-state index contributed by atoms with van der Waals surface area (Å²) >= 11 is 0. The number of aryl methyl sites for hydroxylation is 2. The minimum Gasteiger partial charge on any atom is -0.381 e. The lowest BCUT2D eigenvalue weighted by molar-refractivity contribution is 0.619. The molecular formula is C15H18N4. The first-order valence-corrected chi connectivity index (χ1v) is 7.11. The second kappa shape index (κ2) is 4.08. The molecule has 1 aromatic carbocycles. The number of nitrogens with two attached hydrogens (primary N) is 1. The van der Waals surface area contributed by atoms with Gasteiger partial charge in [-0.2, -0.15) is 0 Å². The summed E-state index contributed by atoms with van der Waals surface area (Å²) < 4.78 is 1.99. The Labute approximate surface area is 112 Å². The minimum absolute atomic E-state index is 0.587. The molecule has 2 aromatic rings. The van der Waals surface area contributed by atoms with Crippen LogP contribution in [-0.2, 0) is 19.4 Å². The van der Waals surface area contributed by atoms with Gasteiger partial charge in [-0.1, -0.05) is 23.4 Å². The highest BCUT2D eigenvalue weighted by atomic mass is 15.4. The number of anilines is 1. The molecule has 0 aliphatic heterocycles. The number of nitrogens with zero attached hydrogens (tertiary/aromatic N) is 3. The van der Waals surface area contributed by atoms with E-state index in [9.17, 15) is 0 Å². The topological polar surface area (TPSA) is 56.7 Å². The van der Waals surface area contributed by atoms with Crippen LogP contribution in [0.2, 0.25) is 0 Å². The van der Waals surface area contributed by atoms with Gasteiger partial charge in [0.05, 0.1) is 12.2 Å². The quantitative estimate of drug-likeness (QED) is 0.914. The van der Waals surface area contributed by atoms with Crippen LogP contribution in [0.3, 0.4) is 0 Å². The maximum atomic E-state index is 5.93. The summed E-state index contributed by atoms with van der Waals surface area (Å²) in [6.45, 7) is 0.795. The van der Waals surface area contributed by atoms with E-state index < -0.39 is 0 Å². The van der Waals surface area contributed by atoms with E-state index in [1.807, 2.05) is 4.68 Å². The van der Waals surface area contributed by atoms with Crippen molar-refractivity contribution in [2.45, 2.75) is 44.6 Å². The van der Waals surface area contributed by atoms with Crippen molar-refractivity contribution in [3.8, 4) is 0 Å². The second-order valence-electron chi connectivity index (χ2n) is 5.75. The van der Waals surface area contributed by atoms with Gasteiger partial charge in [0.1, 0.15) is 0 Å². The lowest BCUT2D eigenvalue weighted by Crippen LogP contribution is -2.07. The van der Waals surface area contributed by atoms with Gasteiger partial charge in [-0.05, 0) is 48.8 Å². The minimum atomic E-state index is 0.587. The van der Waals surface area contributed by atoms with Crippen LogP contribution in [-0.4, -0.2) is 15.0 Å². The number of aromatic nitrogens is 3. The third-order valence-corrected chi connectivity index (χ3v) is 4.26. The van der Waals surface area contributed by atoms with Crippen molar-refractivity contribution < 1.29 is 0 Å². The predicted octanol–water partition coefficient (Wildman–Crippen LogP) is 2.27. The van der Waals surface area contributed by atoms with Crippen LogP contribution in [0.5, 0.6) is 0 Å². The molecule has 4 nitrogen and oxygen atoms in total. The number of benzene rings is 1. The van der Waals surface area contributed by atoms with Gasteiger partial charge < -0.3 is 5.73 Å². The molecule has 0 unspecified atom stereocenters. The molecule has 1 saturated carbocycles. The van der Waals surface area contributed by atoms with Gasteiger partial charge in [-0.3, -0.25) is 0 Å². The monoisotopic (exact) mass is 254 g/mol. The van der Waals surface area contributed by atoms with Gasteiger partial charge >= 0.3 is 0 Å². The Balaban J connectivity index is 1.64. The Morgan fingerprint density at radius 3 is 2.89 bits per heavy atom. The van der Waals surface area contributed by atoms with Crippen LogP contribution in [0, 0.1) is 0 Å². The highest BCUT2D eigenvalue weighted by Gasteiger charge is 2.30. The number of rotatable bonds is 3. The summed E-state index contributed by atoms with van der Waals surface area (Å²) in [6.07, 6.45) is 6.20. The molecule has 2 aliphatic carbocycles. The average Bonchev–Trinajstić information content (AvgIpc) is 3.01. The largest absolute Gasteiger partial charge is 0.381 e. The van der Waals surface area contributed by atoms with Crippen LogP contribution in [0.4, 0.5) is 5.82 Å². The Hall–Kier alpha value is -1.84. The molecule has 4 rings (SSSR count). The number of nitrogen functional groups attached to an aromatic ring is 1. The van der Waals surface area contributed by atoms with Gasteiger partial charge in [-0.25, -0.2) is 4.68 Å². The van der Waals surface area contributed by atoms with Crippen molar-refractivity contribution >= 4 is 5.82 Å². The molecule has 0 saturated heterocycles. The summed E-state index contributed by atoms with van der Waals surface area (Å²) in [5.41, 5.74) is 11.4. The molecule has 98 valence electrons. The summed E-state index contributed by atoms with van der Waals surface area (Å²) in [4.78, 5) is 0. The fourth-order valence-corrected chi connectivity index (χ4v) is 3.12. The maximum Gasteiger partial charge on any atom is 0.169 e. The fraction of sp³-hybridized carbons (Fsp3) is 0.467. The van der Waals surface area contributed by atoms with E-state index in [0.29, 0.717) is 11.7 Å². The molecule has 1 fully saturated rings. The highest BCUT2D eigenvalue weighted by molar-refractivity contribution is 5.39. The SMILES string of the molecule is Nc1nnn(Cc2ccc3c(c2)CCC3)c1C1CC1. The van der Waals surface area contributed by atoms with Gasteiger partial charge in [0.15, 0.2) is 5.82 Å². The lowest BCUT2D eigenvalue weighted by atomic mass is 10.1. The van der Waals surface area contributed by atoms with Gasteiger partial charge in [-0.15, -0.1) is 5.10 Å². The molecule has 0 spiro atoms. The molecule has 2 aliphatic rings. The number of hydrogen-bond donors (Lipinski definition) is 1. The Morgan fingerprint density at radius 1 is 1.21 bits per heavy atom. The van der Waals surface area contributed by atoms with E-state index in [1.165, 1.54) is 48.8 Å². The van der Waals surface area contributed by atoms with Gasteiger partial charge in [0.2, 0.25) is 0 Å². The molecular weight excluding hydrogens is 236 g/mol.